The van der Waals surface area contributed by atoms with Crippen molar-refractivity contribution in [2.45, 2.75) is 53.4 Å². The summed E-state index contributed by atoms with van der Waals surface area (Å²) in [5.74, 6) is 2.41. The minimum Gasteiger partial charge on any atom is -0.468 e. The number of furan rings is 2. The van der Waals surface area contributed by atoms with Crippen molar-refractivity contribution in [3.63, 3.8) is 0 Å². The smallest absolute Gasteiger partial charge is 0.252 e. The van der Waals surface area contributed by atoms with Gasteiger partial charge in [-0.25, -0.2) is 4.68 Å². The van der Waals surface area contributed by atoms with Crippen molar-refractivity contribution in [3.05, 3.63) is 99.4 Å². The fraction of sp³-hybridized carbons (Fsp3) is 0.333. The number of rotatable bonds is 9. The Balaban J connectivity index is 1.55. The number of nitrogens with one attached hydrogen (secondary N) is 1. The number of hydrogen-bond acceptors (Lipinski definition) is 7. The van der Waals surface area contributed by atoms with Gasteiger partial charge in [0.2, 0.25) is 0 Å². The maximum absolute atomic E-state index is 13.2. The van der Waals surface area contributed by atoms with E-state index < -0.39 is 0 Å². The van der Waals surface area contributed by atoms with Crippen molar-refractivity contribution in [3.8, 4) is 0 Å². The van der Waals surface area contributed by atoms with E-state index in [1.807, 2.05) is 37.3 Å². The van der Waals surface area contributed by atoms with E-state index in [1.165, 1.54) is 0 Å². The molecule has 4 aromatic heterocycles. The van der Waals surface area contributed by atoms with Crippen LogP contribution in [0.5, 0.6) is 0 Å². The summed E-state index contributed by atoms with van der Waals surface area (Å²) in [7, 11) is 0. The number of hydrogen-bond donors (Lipinski definition) is 1. The van der Waals surface area contributed by atoms with E-state index in [1.54, 1.807) is 17.2 Å². The number of aromatic amines is 1. The number of H-pyrrole nitrogens is 1. The Morgan fingerprint density at radius 3 is 2.47 bits per heavy atom. The quantitative estimate of drug-likeness (QED) is 0.320. The molecule has 0 unspecified atom stereocenters. The van der Waals surface area contributed by atoms with Gasteiger partial charge in [-0.15, -0.1) is 5.10 Å². The van der Waals surface area contributed by atoms with Crippen LogP contribution in [0, 0.1) is 19.8 Å². The molecular formula is C27H30N6O3. The summed E-state index contributed by atoms with van der Waals surface area (Å²) >= 11 is 0. The molecule has 0 bridgehead atoms. The zero-order valence-electron chi connectivity index (χ0n) is 20.9. The molecule has 36 heavy (non-hydrogen) atoms. The molecule has 1 atom stereocenters. The molecule has 1 aromatic carbocycles. The van der Waals surface area contributed by atoms with Crippen LogP contribution in [0.1, 0.15) is 53.9 Å². The first kappa shape index (κ1) is 23.7. The molecule has 0 aliphatic heterocycles. The van der Waals surface area contributed by atoms with E-state index in [0.29, 0.717) is 31.0 Å². The Labute approximate surface area is 208 Å². The van der Waals surface area contributed by atoms with E-state index in [0.717, 1.165) is 33.6 Å². The molecule has 4 heterocycles. The van der Waals surface area contributed by atoms with Crippen LogP contribution in [0.25, 0.3) is 10.9 Å². The highest BCUT2D eigenvalue weighted by atomic mass is 16.3. The zero-order chi connectivity index (χ0) is 25.2. The molecule has 1 N–H and O–H groups in total. The van der Waals surface area contributed by atoms with Gasteiger partial charge in [0.1, 0.15) is 18.1 Å². The second-order valence-corrected chi connectivity index (χ2v) is 9.62. The Bertz CT molecular complexity index is 1500. The van der Waals surface area contributed by atoms with Gasteiger partial charge in [-0.2, -0.15) is 0 Å². The monoisotopic (exact) mass is 486 g/mol. The molecule has 0 spiro atoms. The van der Waals surface area contributed by atoms with E-state index in [-0.39, 0.29) is 17.5 Å². The third kappa shape index (κ3) is 4.87. The minimum absolute atomic E-state index is 0.100. The van der Waals surface area contributed by atoms with Crippen molar-refractivity contribution in [2.75, 3.05) is 0 Å². The van der Waals surface area contributed by atoms with Gasteiger partial charge in [0.05, 0.1) is 30.6 Å². The van der Waals surface area contributed by atoms with Crippen molar-refractivity contribution >= 4 is 10.9 Å². The van der Waals surface area contributed by atoms with Crippen molar-refractivity contribution < 1.29 is 8.83 Å². The first-order valence-electron chi connectivity index (χ1n) is 12.1. The second-order valence-electron chi connectivity index (χ2n) is 9.62. The fourth-order valence-corrected chi connectivity index (χ4v) is 4.89. The summed E-state index contributed by atoms with van der Waals surface area (Å²) in [4.78, 5) is 18.5. The molecule has 0 fully saturated rings. The summed E-state index contributed by atoms with van der Waals surface area (Å²) in [5, 5.41) is 13.6. The molecule has 0 saturated heterocycles. The molecule has 0 aliphatic rings. The number of aryl methyl sites for hydroxylation is 2. The van der Waals surface area contributed by atoms with Crippen LogP contribution in [-0.4, -0.2) is 30.1 Å². The van der Waals surface area contributed by atoms with Gasteiger partial charge in [0.15, 0.2) is 5.82 Å². The lowest BCUT2D eigenvalue weighted by molar-refractivity contribution is 0.116. The zero-order valence-corrected chi connectivity index (χ0v) is 20.9. The Hall–Kier alpha value is -3.98. The fourth-order valence-electron chi connectivity index (χ4n) is 4.89. The van der Waals surface area contributed by atoms with Gasteiger partial charge in [0.25, 0.3) is 5.56 Å². The summed E-state index contributed by atoms with van der Waals surface area (Å²) in [6.45, 7) is 9.65. The lowest BCUT2D eigenvalue weighted by Gasteiger charge is -2.32. The molecule has 0 aliphatic carbocycles. The van der Waals surface area contributed by atoms with Crippen molar-refractivity contribution in [2.24, 2.45) is 5.92 Å². The molecule has 5 rings (SSSR count). The van der Waals surface area contributed by atoms with Gasteiger partial charge in [-0.05, 0) is 77.5 Å². The van der Waals surface area contributed by atoms with Crippen LogP contribution in [-0.2, 0) is 19.6 Å². The normalized spacial score (nSPS) is 12.7. The maximum atomic E-state index is 13.2. The van der Waals surface area contributed by atoms with Crippen LogP contribution in [0.2, 0.25) is 0 Å². The maximum Gasteiger partial charge on any atom is 0.252 e. The average molecular weight is 487 g/mol. The lowest BCUT2D eigenvalue weighted by atomic mass is 9.99. The molecular weight excluding hydrogens is 456 g/mol. The van der Waals surface area contributed by atoms with Gasteiger partial charge in [-0.3, -0.25) is 9.69 Å². The third-order valence-corrected chi connectivity index (χ3v) is 6.42. The standard InChI is InChI=1S/C27H30N6O3/c1-17(2)25(26-29-30-31-33(26)16-23-8-6-10-36-23)32(15-22-7-5-9-35-22)14-21-13-20-12-18(3)11-19(4)24(20)28-27(21)34/h5-13,17,25H,14-16H2,1-4H3,(H,28,34)/t25-/m0/s1. The highest BCUT2D eigenvalue weighted by Crippen LogP contribution is 2.31. The number of benzene rings is 1. The van der Waals surface area contributed by atoms with E-state index in [2.05, 4.69) is 58.3 Å². The molecule has 0 saturated carbocycles. The van der Waals surface area contributed by atoms with Gasteiger partial charge >= 0.3 is 0 Å². The molecule has 0 amide bonds. The largest absolute Gasteiger partial charge is 0.468 e. The topological polar surface area (TPSA) is 106 Å². The number of pyridine rings is 1. The Morgan fingerprint density at radius 1 is 1.03 bits per heavy atom. The Kier molecular flexibility index (Phi) is 6.56. The average Bonchev–Trinajstić information content (AvgIpc) is 3.60. The van der Waals surface area contributed by atoms with Crippen LogP contribution in [0.4, 0.5) is 0 Å². The summed E-state index contributed by atoms with van der Waals surface area (Å²) in [6, 6.07) is 13.5. The van der Waals surface area contributed by atoms with Gasteiger partial charge in [-0.1, -0.05) is 25.5 Å². The predicted octanol–water partition coefficient (Wildman–Crippen LogP) is 4.77. The van der Waals surface area contributed by atoms with E-state index in [9.17, 15) is 4.79 Å². The van der Waals surface area contributed by atoms with Crippen LogP contribution in [0.3, 0.4) is 0 Å². The number of aromatic nitrogens is 5. The number of nitrogens with zero attached hydrogens (tertiary/aromatic N) is 5. The van der Waals surface area contributed by atoms with Crippen molar-refractivity contribution in [1.82, 2.24) is 30.1 Å². The van der Waals surface area contributed by atoms with Crippen LogP contribution in [0.15, 0.2) is 68.6 Å². The van der Waals surface area contributed by atoms with E-state index in [4.69, 9.17) is 8.83 Å². The number of tetrazole rings is 1. The first-order chi connectivity index (χ1) is 17.4. The lowest BCUT2D eigenvalue weighted by Crippen LogP contribution is -2.35. The van der Waals surface area contributed by atoms with Crippen LogP contribution < -0.4 is 5.56 Å². The molecule has 9 nitrogen and oxygen atoms in total. The molecule has 5 aromatic rings. The number of fused-ring (bicyclic) bond motifs is 1. The molecule has 9 heteroatoms. The summed E-state index contributed by atoms with van der Waals surface area (Å²) in [5.41, 5.74) is 3.65. The third-order valence-electron chi connectivity index (χ3n) is 6.42. The molecule has 186 valence electrons. The SMILES string of the molecule is Cc1cc(C)c2[nH]c(=O)c(CN(Cc3ccco3)[C@H](c3nnnn3Cc3ccco3)C(C)C)cc2c1. The Morgan fingerprint density at radius 2 is 1.78 bits per heavy atom. The van der Waals surface area contributed by atoms with Gasteiger partial charge < -0.3 is 13.8 Å². The van der Waals surface area contributed by atoms with Crippen molar-refractivity contribution in [1.29, 1.82) is 0 Å². The highest BCUT2D eigenvalue weighted by molar-refractivity contribution is 5.82. The minimum atomic E-state index is -0.186. The predicted molar refractivity (Wildman–Crippen MR) is 135 cm³/mol. The van der Waals surface area contributed by atoms with E-state index >= 15 is 0 Å². The molecule has 0 radical (unpaired) electrons. The summed E-state index contributed by atoms with van der Waals surface area (Å²) in [6.07, 6.45) is 3.30. The van der Waals surface area contributed by atoms with Gasteiger partial charge in [0, 0.05) is 12.1 Å². The highest BCUT2D eigenvalue weighted by Gasteiger charge is 2.31. The first-order valence-corrected chi connectivity index (χ1v) is 12.1. The summed E-state index contributed by atoms with van der Waals surface area (Å²) < 4.78 is 13.0. The van der Waals surface area contributed by atoms with Crippen LogP contribution >= 0.6 is 0 Å². The second kappa shape index (κ2) is 9.94.